The van der Waals surface area contributed by atoms with Crippen LogP contribution in [0.25, 0.3) is 10.9 Å². The Morgan fingerprint density at radius 3 is 2.55 bits per heavy atom. The van der Waals surface area contributed by atoms with Gasteiger partial charge in [-0.25, -0.2) is 9.07 Å². The molecule has 192 valence electrons. The normalized spacial score (nSPS) is 16.0. The number of rotatable bonds is 7. The Balaban J connectivity index is 1.63. The number of hydrogen-bond acceptors (Lipinski definition) is 6. The average molecular weight is 528 g/mol. The molecule has 0 bridgehead atoms. The third kappa shape index (κ3) is 4.93. The van der Waals surface area contributed by atoms with Crippen LogP contribution in [-0.2, 0) is 5.44 Å². The molecule has 2 aromatic carbocycles. The molecule has 0 amide bonds. The number of aromatic nitrogens is 4. The Bertz CT molecular complexity index is 1540. The first kappa shape index (κ1) is 26.0. The van der Waals surface area contributed by atoms with Crippen molar-refractivity contribution in [3.63, 3.8) is 0 Å². The molecule has 2 N–H and O–H groups in total. The zero-order valence-electron chi connectivity index (χ0n) is 21.8. The van der Waals surface area contributed by atoms with Crippen LogP contribution in [0.4, 0.5) is 15.8 Å². The van der Waals surface area contributed by atoms with E-state index in [1.165, 1.54) is 18.3 Å². The fourth-order valence-electron chi connectivity index (χ4n) is 4.20. The summed E-state index contributed by atoms with van der Waals surface area (Å²) in [6.45, 7) is 8.45. The Kier molecular flexibility index (Phi) is 6.56. The quantitative estimate of drug-likeness (QED) is 0.280. The molecule has 1 fully saturated rings. The highest BCUT2D eigenvalue weighted by Gasteiger charge is 2.34. The lowest BCUT2D eigenvalue weighted by atomic mass is 9.69. The summed E-state index contributed by atoms with van der Waals surface area (Å²) in [6.07, 6.45) is 5.44. The van der Waals surface area contributed by atoms with Crippen molar-refractivity contribution in [3.05, 3.63) is 76.5 Å². The number of benzene rings is 2. The van der Waals surface area contributed by atoms with Crippen LogP contribution < -0.4 is 10.6 Å². The van der Waals surface area contributed by atoms with Crippen molar-refractivity contribution in [2.45, 2.75) is 58.1 Å². The van der Waals surface area contributed by atoms with Gasteiger partial charge in [0.15, 0.2) is 0 Å². The molecule has 10 heteroatoms. The number of nitrogens with one attached hydrogen (secondary N) is 2. The summed E-state index contributed by atoms with van der Waals surface area (Å²) in [5, 5.41) is 26.5. The van der Waals surface area contributed by atoms with Crippen molar-refractivity contribution in [3.8, 4) is 6.07 Å². The summed E-state index contributed by atoms with van der Waals surface area (Å²) in [5.41, 5.74) is 1.87. The molecule has 7 nitrogen and oxygen atoms in total. The zero-order chi connectivity index (χ0) is 27.2. The van der Waals surface area contributed by atoms with Gasteiger partial charge in [-0.1, -0.05) is 49.7 Å². The van der Waals surface area contributed by atoms with Gasteiger partial charge < -0.3 is 10.6 Å². The van der Waals surface area contributed by atoms with Gasteiger partial charge in [0.1, 0.15) is 25.4 Å². The molecule has 2 heterocycles. The second-order valence-corrected chi connectivity index (χ2v) is 11.4. The van der Waals surface area contributed by atoms with Gasteiger partial charge in [0.05, 0.1) is 39.5 Å². The molecule has 0 saturated heterocycles. The van der Waals surface area contributed by atoms with Crippen LogP contribution in [0.2, 0.25) is 5.02 Å². The van der Waals surface area contributed by atoms with Crippen molar-refractivity contribution in [2.75, 3.05) is 10.6 Å². The molecule has 2 atom stereocenters. The molecule has 1 aliphatic rings. The number of fused-ring (bicyclic) bond motifs is 1. The van der Waals surface area contributed by atoms with Crippen LogP contribution in [0.3, 0.4) is 0 Å². The largest absolute Gasteiger partial charge is 0.380 e. The molecule has 4 aromatic rings. The summed E-state index contributed by atoms with van der Waals surface area (Å²) in [6, 6.07) is 12.1. The number of hydrogen-bond donors (Lipinski definition) is 2. The van der Waals surface area contributed by atoms with Gasteiger partial charge in [-0.2, -0.15) is 5.26 Å². The summed E-state index contributed by atoms with van der Waals surface area (Å²) >= 11 is 6.72. The van der Waals surface area contributed by atoms with Crippen molar-refractivity contribution in [1.82, 2.24) is 20.0 Å². The molecular weight excluding hydrogens is 500 g/mol. The SMILES string of the molecule is [B]C(Nc1cc(Cl)c2ncc(C#N)c(N[C@@H](C)C(C)(C)C)c2c1)(c1ccc(F)cc1)c1cn(C2CC2)nn1. The maximum Gasteiger partial charge on any atom is 0.123 e. The summed E-state index contributed by atoms with van der Waals surface area (Å²) in [5.74, 6) is -0.370. The molecule has 38 heavy (non-hydrogen) atoms. The van der Waals surface area contributed by atoms with Gasteiger partial charge in [0, 0.05) is 23.3 Å². The minimum Gasteiger partial charge on any atom is -0.380 e. The summed E-state index contributed by atoms with van der Waals surface area (Å²) in [7, 11) is 7.01. The number of anilines is 2. The van der Waals surface area contributed by atoms with E-state index in [-0.39, 0.29) is 17.3 Å². The standard InChI is InChI=1S/C28H28BClFN7/c1-16(27(2,3)4)34-25-17(13-32)14-33-26-22(25)11-20(12-23(26)30)35-28(29,18-5-7-19(31)8-6-18)24-15-38(37-36-24)21-9-10-21/h5-8,11-12,14-16,21,35H,9-10H2,1-4H3,(H,33,34)/t16-,28?/m0/s1. The Labute approximate surface area is 227 Å². The van der Waals surface area contributed by atoms with Crippen molar-refractivity contribution in [2.24, 2.45) is 5.41 Å². The first-order valence-corrected chi connectivity index (χ1v) is 12.9. The van der Waals surface area contributed by atoms with Crippen LogP contribution >= 0.6 is 11.6 Å². The minimum absolute atomic E-state index is 0.0425. The highest BCUT2D eigenvalue weighted by molar-refractivity contribution is 6.36. The fourth-order valence-corrected chi connectivity index (χ4v) is 4.47. The molecule has 0 aliphatic heterocycles. The molecule has 0 spiro atoms. The number of halogens is 2. The fraction of sp³-hybridized carbons (Fsp3) is 0.357. The van der Waals surface area contributed by atoms with E-state index < -0.39 is 5.44 Å². The summed E-state index contributed by atoms with van der Waals surface area (Å²) < 4.78 is 15.6. The lowest BCUT2D eigenvalue weighted by Crippen LogP contribution is -2.37. The van der Waals surface area contributed by atoms with Gasteiger partial charge >= 0.3 is 0 Å². The van der Waals surface area contributed by atoms with E-state index in [1.807, 2.05) is 16.9 Å². The number of pyridine rings is 1. The molecule has 1 saturated carbocycles. The highest BCUT2D eigenvalue weighted by Crippen LogP contribution is 2.39. The van der Waals surface area contributed by atoms with Crippen LogP contribution in [0, 0.1) is 22.6 Å². The van der Waals surface area contributed by atoms with Gasteiger partial charge in [-0.3, -0.25) is 4.98 Å². The molecule has 2 radical (unpaired) electrons. The average Bonchev–Trinajstić information content (AvgIpc) is 3.59. The van der Waals surface area contributed by atoms with Gasteiger partial charge in [0.2, 0.25) is 0 Å². The summed E-state index contributed by atoms with van der Waals surface area (Å²) in [4.78, 5) is 4.45. The first-order valence-electron chi connectivity index (χ1n) is 12.5. The van der Waals surface area contributed by atoms with E-state index in [9.17, 15) is 9.65 Å². The molecule has 1 aliphatic carbocycles. The lowest BCUT2D eigenvalue weighted by molar-refractivity contribution is 0.359. The van der Waals surface area contributed by atoms with E-state index in [2.05, 4.69) is 59.7 Å². The maximum atomic E-state index is 13.8. The van der Waals surface area contributed by atoms with Gasteiger partial charge in [-0.05, 0) is 55.0 Å². The van der Waals surface area contributed by atoms with Crippen LogP contribution in [-0.4, -0.2) is 33.9 Å². The lowest BCUT2D eigenvalue weighted by Gasteiger charge is -2.32. The van der Waals surface area contributed by atoms with Crippen molar-refractivity contribution >= 4 is 41.7 Å². The zero-order valence-corrected chi connectivity index (χ0v) is 22.5. The van der Waals surface area contributed by atoms with Crippen molar-refractivity contribution in [1.29, 1.82) is 5.26 Å². The van der Waals surface area contributed by atoms with Crippen LogP contribution in [0.15, 0.2) is 48.8 Å². The van der Waals surface area contributed by atoms with E-state index in [4.69, 9.17) is 19.4 Å². The van der Waals surface area contributed by atoms with Gasteiger partial charge in [-0.15, -0.1) is 5.10 Å². The van der Waals surface area contributed by atoms with E-state index in [0.717, 1.165) is 12.8 Å². The van der Waals surface area contributed by atoms with Gasteiger partial charge in [0.25, 0.3) is 0 Å². The van der Waals surface area contributed by atoms with Crippen LogP contribution in [0.1, 0.15) is 63.4 Å². The molecular formula is C28H28BClFN7. The topological polar surface area (TPSA) is 91.5 Å². The number of nitrogens with zero attached hydrogens (tertiary/aromatic N) is 5. The Morgan fingerprint density at radius 1 is 1.21 bits per heavy atom. The van der Waals surface area contributed by atoms with Crippen molar-refractivity contribution < 1.29 is 4.39 Å². The predicted octanol–water partition coefficient (Wildman–Crippen LogP) is 6.15. The van der Waals surface area contributed by atoms with E-state index >= 15 is 0 Å². The Hall–Kier alpha value is -3.64. The second-order valence-electron chi connectivity index (χ2n) is 11.0. The molecule has 1 unspecified atom stereocenters. The third-order valence-electron chi connectivity index (χ3n) is 7.18. The minimum atomic E-state index is -1.34. The van der Waals surface area contributed by atoms with E-state index in [0.29, 0.717) is 50.2 Å². The van der Waals surface area contributed by atoms with E-state index in [1.54, 1.807) is 18.2 Å². The smallest absolute Gasteiger partial charge is 0.123 e. The monoisotopic (exact) mass is 527 g/mol. The second kappa shape index (κ2) is 9.59. The Morgan fingerprint density at radius 2 is 1.92 bits per heavy atom. The molecule has 2 aromatic heterocycles. The first-order chi connectivity index (χ1) is 18.0. The third-order valence-corrected chi connectivity index (χ3v) is 7.47. The maximum absolute atomic E-state index is 13.8. The highest BCUT2D eigenvalue weighted by atomic mass is 35.5. The predicted molar refractivity (Wildman–Crippen MR) is 149 cm³/mol. The molecule has 5 rings (SSSR count). The number of nitriles is 1. The van der Waals surface area contributed by atoms with Crippen LogP contribution in [0.5, 0.6) is 0 Å².